The number of carbonyl (C=O) groups is 2. The van der Waals surface area contributed by atoms with Crippen LogP contribution in [0.15, 0.2) is 0 Å². The molecular formula is C15H27NO5. The molecule has 1 aliphatic rings. The minimum absolute atomic E-state index is 0.173. The van der Waals surface area contributed by atoms with E-state index in [1.807, 2.05) is 0 Å². The summed E-state index contributed by atoms with van der Waals surface area (Å²) in [6, 6.07) is 0. The number of aliphatic hydroxyl groups is 1. The highest BCUT2D eigenvalue weighted by Gasteiger charge is 2.48. The Balaban J connectivity index is 2.93. The fourth-order valence-corrected chi connectivity index (χ4v) is 2.79. The predicted molar refractivity (Wildman–Crippen MR) is 77.7 cm³/mol. The molecule has 0 aliphatic carbocycles. The molecule has 0 saturated carbocycles. The zero-order valence-corrected chi connectivity index (χ0v) is 13.3. The highest BCUT2D eigenvalue weighted by molar-refractivity contribution is 5.96. The van der Waals surface area contributed by atoms with Crippen LogP contribution < -0.4 is 0 Å². The normalized spacial score (nSPS) is 23.7. The van der Waals surface area contributed by atoms with Gasteiger partial charge in [-0.25, -0.2) is 0 Å². The van der Waals surface area contributed by atoms with Crippen LogP contribution in [0.2, 0.25) is 0 Å². The Bertz CT molecular complexity index is 342. The lowest BCUT2D eigenvalue weighted by Gasteiger charge is -2.32. The van der Waals surface area contributed by atoms with Gasteiger partial charge >= 0.3 is 11.9 Å². The van der Waals surface area contributed by atoms with E-state index in [1.165, 1.54) is 0 Å². The molecule has 122 valence electrons. The first-order valence-corrected chi connectivity index (χ1v) is 7.76. The molecular weight excluding hydrogens is 274 g/mol. The van der Waals surface area contributed by atoms with Gasteiger partial charge in [0.25, 0.3) is 0 Å². The van der Waals surface area contributed by atoms with Crippen molar-refractivity contribution in [3.05, 3.63) is 0 Å². The van der Waals surface area contributed by atoms with Gasteiger partial charge in [0, 0.05) is 6.54 Å². The summed E-state index contributed by atoms with van der Waals surface area (Å²) in [5.41, 5.74) is -1.39. The summed E-state index contributed by atoms with van der Waals surface area (Å²) >= 11 is 0. The topological polar surface area (TPSA) is 76.1 Å². The maximum Gasteiger partial charge on any atom is 0.323 e. The van der Waals surface area contributed by atoms with Crippen LogP contribution in [0.3, 0.4) is 0 Å². The molecule has 21 heavy (non-hydrogen) atoms. The second kappa shape index (κ2) is 8.34. The third-order valence-corrected chi connectivity index (χ3v) is 3.97. The minimum atomic E-state index is -1.39. The zero-order chi connectivity index (χ0) is 15.9. The monoisotopic (exact) mass is 301 g/mol. The molecule has 1 atom stereocenters. The Kier molecular flexibility index (Phi) is 7.11. The fraction of sp³-hybridized carbons (Fsp3) is 0.867. The van der Waals surface area contributed by atoms with E-state index in [-0.39, 0.29) is 13.2 Å². The summed E-state index contributed by atoms with van der Waals surface area (Å²) in [6.45, 7) is 8.15. The molecule has 0 aromatic carbocycles. The number of rotatable bonds is 6. The Morgan fingerprint density at radius 3 is 2.14 bits per heavy atom. The van der Waals surface area contributed by atoms with Crippen molar-refractivity contribution in [3.8, 4) is 0 Å². The quantitative estimate of drug-likeness (QED) is 0.582. The molecule has 0 spiro atoms. The van der Waals surface area contributed by atoms with Gasteiger partial charge in [-0.3, -0.25) is 9.59 Å². The summed E-state index contributed by atoms with van der Waals surface area (Å²) in [4.78, 5) is 26.5. The largest absolute Gasteiger partial charge is 0.465 e. The maximum atomic E-state index is 12.1. The van der Waals surface area contributed by atoms with Crippen molar-refractivity contribution in [2.75, 3.05) is 32.8 Å². The van der Waals surface area contributed by atoms with E-state index in [2.05, 4.69) is 11.8 Å². The lowest BCUT2D eigenvalue weighted by Crippen LogP contribution is -2.49. The lowest BCUT2D eigenvalue weighted by atomic mass is 9.81. The lowest BCUT2D eigenvalue weighted by molar-refractivity contribution is -0.175. The second-order valence-corrected chi connectivity index (χ2v) is 5.33. The van der Waals surface area contributed by atoms with Crippen LogP contribution in [0.1, 0.15) is 40.0 Å². The number of hydrogen-bond acceptors (Lipinski definition) is 6. The summed E-state index contributed by atoms with van der Waals surface area (Å²) < 4.78 is 9.94. The predicted octanol–water partition coefficient (Wildman–Crippen LogP) is 0.966. The number of nitrogens with zero attached hydrogens (tertiary/aromatic N) is 1. The van der Waals surface area contributed by atoms with Crippen molar-refractivity contribution in [2.24, 2.45) is 5.92 Å². The Morgan fingerprint density at radius 2 is 1.67 bits per heavy atom. The van der Waals surface area contributed by atoms with Crippen molar-refractivity contribution >= 4 is 11.9 Å². The second-order valence-electron chi connectivity index (χ2n) is 5.33. The first kappa shape index (κ1) is 17.9. The number of hydrogen-bond donors (Lipinski definition) is 1. The number of likely N-dealkylation sites (tertiary alicyclic amines) is 1. The SMILES string of the molecule is CCOC(=O)C(C(=O)OCC)C1(O)CCCN(CC)CC1. The van der Waals surface area contributed by atoms with Crippen LogP contribution in [-0.4, -0.2) is 60.4 Å². The molecule has 1 fully saturated rings. The molecule has 1 aliphatic heterocycles. The molecule has 1 heterocycles. The highest BCUT2D eigenvalue weighted by atomic mass is 16.6. The molecule has 0 amide bonds. The van der Waals surface area contributed by atoms with E-state index in [0.29, 0.717) is 19.4 Å². The van der Waals surface area contributed by atoms with E-state index < -0.39 is 23.5 Å². The minimum Gasteiger partial charge on any atom is -0.465 e. The van der Waals surface area contributed by atoms with Crippen molar-refractivity contribution < 1.29 is 24.2 Å². The van der Waals surface area contributed by atoms with E-state index in [1.54, 1.807) is 13.8 Å². The Labute approximate surface area is 126 Å². The third-order valence-electron chi connectivity index (χ3n) is 3.97. The van der Waals surface area contributed by atoms with Gasteiger partial charge in [0.2, 0.25) is 0 Å². The van der Waals surface area contributed by atoms with Gasteiger partial charge in [-0.1, -0.05) is 6.92 Å². The van der Waals surface area contributed by atoms with Gasteiger partial charge in [-0.15, -0.1) is 0 Å². The van der Waals surface area contributed by atoms with E-state index in [0.717, 1.165) is 19.5 Å². The summed E-state index contributed by atoms with van der Waals surface area (Å²) in [6.07, 6.45) is 1.49. The standard InChI is InChI=1S/C15H27NO5/c1-4-16-10-7-8-15(19,9-11-16)12(13(17)20-5-2)14(18)21-6-3/h12,19H,4-11H2,1-3H3. The molecule has 0 aromatic heterocycles. The average molecular weight is 301 g/mol. The van der Waals surface area contributed by atoms with Crippen LogP contribution in [0, 0.1) is 5.92 Å². The average Bonchev–Trinajstić information content (AvgIpc) is 2.61. The van der Waals surface area contributed by atoms with Crippen molar-refractivity contribution in [3.63, 3.8) is 0 Å². The molecule has 0 aromatic rings. The van der Waals surface area contributed by atoms with Crippen molar-refractivity contribution in [2.45, 2.75) is 45.6 Å². The van der Waals surface area contributed by atoms with Crippen LogP contribution in [0.5, 0.6) is 0 Å². The van der Waals surface area contributed by atoms with Gasteiger partial charge in [-0.2, -0.15) is 0 Å². The van der Waals surface area contributed by atoms with Crippen LogP contribution in [0.4, 0.5) is 0 Å². The molecule has 0 radical (unpaired) electrons. The first-order valence-electron chi connectivity index (χ1n) is 7.76. The molecule has 6 nitrogen and oxygen atoms in total. The maximum absolute atomic E-state index is 12.1. The number of ether oxygens (including phenoxy) is 2. The van der Waals surface area contributed by atoms with Crippen LogP contribution >= 0.6 is 0 Å². The Hall–Kier alpha value is -1.14. The molecule has 1 unspecified atom stereocenters. The summed E-state index contributed by atoms with van der Waals surface area (Å²) in [7, 11) is 0. The molecule has 1 N–H and O–H groups in total. The Morgan fingerprint density at radius 1 is 1.10 bits per heavy atom. The van der Waals surface area contributed by atoms with Gasteiger partial charge < -0.3 is 19.5 Å². The molecule has 0 bridgehead atoms. The van der Waals surface area contributed by atoms with E-state index in [4.69, 9.17) is 9.47 Å². The first-order chi connectivity index (χ1) is 9.98. The smallest absolute Gasteiger partial charge is 0.323 e. The van der Waals surface area contributed by atoms with Gasteiger partial charge in [0.05, 0.1) is 18.8 Å². The number of esters is 2. The van der Waals surface area contributed by atoms with E-state index >= 15 is 0 Å². The van der Waals surface area contributed by atoms with E-state index in [9.17, 15) is 14.7 Å². The van der Waals surface area contributed by atoms with Gasteiger partial charge in [0.15, 0.2) is 5.92 Å². The fourth-order valence-electron chi connectivity index (χ4n) is 2.79. The molecule has 1 rings (SSSR count). The highest BCUT2D eigenvalue weighted by Crippen LogP contribution is 2.32. The van der Waals surface area contributed by atoms with Crippen molar-refractivity contribution in [1.82, 2.24) is 4.90 Å². The molecule has 1 saturated heterocycles. The molecule has 6 heteroatoms. The van der Waals surface area contributed by atoms with Crippen LogP contribution in [0.25, 0.3) is 0 Å². The van der Waals surface area contributed by atoms with Crippen LogP contribution in [-0.2, 0) is 19.1 Å². The van der Waals surface area contributed by atoms with Gasteiger partial charge in [0.1, 0.15) is 0 Å². The summed E-state index contributed by atoms with van der Waals surface area (Å²) in [5, 5.41) is 10.9. The van der Waals surface area contributed by atoms with Crippen molar-refractivity contribution in [1.29, 1.82) is 0 Å². The summed E-state index contributed by atoms with van der Waals surface area (Å²) in [5.74, 6) is -2.64. The third kappa shape index (κ3) is 4.68. The van der Waals surface area contributed by atoms with Gasteiger partial charge in [-0.05, 0) is 46.2 Å². The zero-order valence-electron chi connectivity index (χ0n) is 13.3. The number of carbonyl (C=O) groups excluding carboxylic acids is 2.